The fraction of sp³-hybridized carbons (Fsp3) is 0.261. The Bertz CT molecular complexity index is 914. The fourth-order valence-electron chi connectivity index (χ4n) is 4.00. The summed E-state index contributed by atoms with van der Waals surface area (Å²) in [5, 5.41) is 6.76. The van der Waals surface area contributed by atoms with Gasteiger partial charge in [0.25, 0.3) is 0 Å². The smallest absolute Gasteiger partial charge is 0.138 e. The Balaban J connectivity index is 1.78. The molecule has 3 aromatic carbocycles. The molecule has 1 fully saturated rings. The zero-order valence-corrected chi connectivity index (χ0v) is 15.4. The number of fused-ring (bicyclic) bond motifs is 1. The molecule has 0 bridgehead atoms. The van der Waals surface area contributed by atoms with Gasteiger partial charge in [0.2, 0.25) is 0 Å². The van der Waals surface area contributed by atoms with Crippen LogP contribution in [0.25, 0.3) is 10.8 Å². The Hall–Kier alpha value is -2.32. The molecule has 0 saturated heterocycles. The topological polar surface area (TPSA) is 29.1 Å². The molecule has 0 amide bonds. The van der Waals surface area contributed by atoms with Crippen LogP contribution >= 0.6 is 11.6 Å². The summed E-state index contributed by atoms with van der Waals surface area (Å²) in [6, 6.07) is 22.4. The lowest BCUT2D eigenvalue weighted by atomic mass is 9.79. The number of anilines is 1. The van der Waals surface area contributed by atoms with Crippen molar-refractivity contribution in [3.05, 3.63) is 77.3 Å². The summed E-state index contributed by atoms with van der Waals surface area (Å²) in [7, 11) is 0. The molecule has 132 valence electrons. The van der Waals surface area contributed by atoms with Crippen molar-refractivity contribution in [1.82, 2.24) is 0 Å². The third kappa shape index (κ3) is 3.47. The Morgan fingerprint density at radius 1 is 0.923 bits per heavy atom. The summed E-state index contributed by atoms with van der Waals surface area (Å²) in [5.41, 5.74) is 2.18. The maximum Gasteiger partial charge on any atom is 0.138 e. The molecule has 4 rings (SSSR count). The number of rotatable bonds is 4. The molecule has 2 nitrogen and oxygen atoms in total. The van der Waals surface area contributed by atoms with Crippen LogP contribution < -0.4 is 5.32 Å². The fourth-order valence-corrected chi connectivity index (χ4v) is 4.13. The lowest BCUT2D eigenvalue weighted by Gasteiger charge is -2.32. The van der Waals surface area contributed by atoms with Crippen molar-refractivity contribution in [1.29, 1.82) is 0 Å². The summed E-state index contributed by atoms with van der Waals surface area (Å²) < 4.78 is 0. The van der Waals surface area contributed by atoms with E-state index in [9.17, 15) is 4.79 Å². The standard InChI is InChI=1S/C23H22ClNO/c24-17-12-14-18(15-13-17)25-23(21-9-3-4-11-22(21)26)20-10-5-7-16-6-1-2-8-19(16)20/h1-2,5-8,10,12-15,21,23,25H,3-4,9,11H2. The van der Waals surface area contributed by atoms with Gasteiger partial charge in [-0.15, -0.1) is 0 Å². The van der Waals surface area contributed by atoms with E-state index in [2.05, 4.69) is 47.8 Å². The van der Waals surface area contributed by atoms with Gasteiger partial charge in [0, 0.05) is 23.0 Å². The first-order valence-corrected chi connectivity index (χ1v) is 9.62. The van der Waals surface area contributed by atoms with Crippen molar-refractivity contribution in [2.75, 3.05) is 5.32 Å². The van der Waals surface area contributed by atoms with Gasteiger partial charge in [-0.25, -0.2) is 0 Å². The first kappa shape index (κ1) is 17.1. The monoisotopic (exact) mass is 363 g/mol. The van der Waals surface area contributed by atoms with E-state index in [1.165, 1.54) is 16.3 Å². The highest BCUT2D eigenvalue weighted by Gasteiger charge is 2.32. The molecule has 1 aliphatic carbocycles. The number of ketones is 1. The number of carbonyl (C=O) groups is 1. The Morgan fingerprint density at radius 3 is 2.50 bits per heavy atom. The van der Waals surface area contributed by atoms with Gasteiger partial charge in [-0.1, -0.05) is 60.5 Å². The second-order valence-corrected chi connectivity index (χ2v) is 7.45. The number of halogens is 1. The number of hydrogen-bond acceptors (Lipinski definition) is 2. The SMILES string of the molecule is O=C1CCCCC1C(Nc1ccc(Cl)cc1)c1cccc2ccccc12. The largest absolute Gasteiger partial charge is 0.377 e. The zero-order valence-electron chi connectivity index (χ0n) is 14.6. The van der Waals surface area contributed by atoms with Crippen LogP contribution in [0.3, 0.4) is 0 Å². The Morgan fingerprint density at radius 2 is 1.69 bits per heavy atom. The quantitative estimate of drug-likeness (QED) is 0.580. The lowest BCUT2D eigenvalue weighted by molar-refractivity contribution is -0.125. The van der Waals surface area contributed by atoms with Crippen molar-refractivity contribution < 1.29 is 4.79 Å². The second-order valence-electron chi connectivity index (χ2n) is 7.02. The predicted octanol–water partition coefficient (Wildman–Crippen LogP) is 6.41. The Kier molecular flexibility index (Phi) is 4.94. The summed E-state index contributed by atoms with van der Waals surface area (Å²) in [4.78, 5) is 12.7. The van der Waals surface area contributed by atoms with Crippen LogP contribution in [-0.2, 0) is 4.79 Å². The highest BCUT2D eigenvalue weighted by atomic mass is 35.5. The molecular formula is C23H22ClNO. The molecule has 1 N–H and O–H groups in total. The van der Waals surface area contributed by atoms with Crippen molar-refractivity contribution in [3.8, 4) is 0 Å². The molecule has 26 heavy (non-hydrogen) atoms. The highest BCUT2D eigenvalue weighted by molar-refractivity contribution is 6.30. The molecule has 2 unspecified atom stereocenters. The molecule has 2 atom stereocenters. The number of carbonyl (C=O) groups excluding carboxylic acids is 1. The minimum atomic E-state index is -0.0323. The molecule has 0 aromatic heterocycles. The summed E-state index contributed by atoms with van der Waals surface area (Å²) in [6.07, 6.45) is 3.75. The summed E-state index contributed by atoms with van der Waals surface area (Å²) in [6.45, 7) is 0. The second kappa shape index (κ2) is 7.51. The van der Waals surface area contributed by atoms with Gasteiger partial charge in [0.1, 0.15) is 5.78 Å². The molecule has 1 saturated carbocycles. The minimum absolute atomic E-state index is 0.00485. The summed E-state index contributed by atoms with van der Waals surface area (Å²) >= 11 is 6.03. The van der Waals surface area contributed by atoms with Crippen LogP contribution in [0.4, 0.5) is 5.69 Å². The van der Waals surface area contributed by atoms with Crippen LogP contribution in [-0.4, -0.2) is 5.78 Å². The third-order valence-corrected chi connectivity index (χ3v) is 5.58. The van der Waals surface area contributed by atoms with Gasteiger partial charge in [0.15, 0.2) is 0 Å². The van der Waals surface area contributed by atoms with E-state index in [0.29, 0.717) is 17.2 Å². The number of nitrogens with one attached hydrogen (secondary N) is 1. The zero-order chi connectivity index (χ0) is 17.9. The molecule has 0 radical (unpaired) electrons. The third-order valence-electron chi connectivity index (χ3n) is 5.33. The minimum Gasteiger partial charge on any atom is -0.377 e. The van der Waals surface area contributed by atoms with E-state index in [1.54, 1.807) is 0 Å². The molecule has 0 spiro atoms. The van der Waals surface area contributed by atoms with Crippen LogP contribution in [0, 0.1) is 5.92 Å². The van der Waals surface area contributed by atoms with E-state index < -0.39 is 0 Å². The van der Waals surface area contributed by atoms with Gasteiger partial charge < -0.3 is 5.32 Å². The van der Waals surface area contributed by atoms with Crippen LogP contribution in [0.1, 0.15) is 37.3 Å². The van der Waals surface area contributed by atoms with Gasteiger partial charge >= 0.3 is 0 Å². The average molecular weight is 364 g/mol. The Labute approximate surface area is 159 Å². The van der Waals surface area contributed by atoms with Crippen LogP contribution in [0.2, 0.25) is 5.02 Å². The summed E-state index contributed by atoms with van der Waals surface area (Å²) in [5.74, 6) is 0.376. The van der Waals surface area contributed by atoms with Gasteiger partial charge in [-0.3, -0.25) is 4.79 Å². The number of Topliss-reactive ketones (excluding diaryl/α,β-unsaturated/α-hetero) is 1. The first-order valence-electron chi connectivity index (χ1n) is 9.25. The van der Waals surface area contributed by atoms with Gasteiger partial charge in [0.05, 0.1) is 6.04 Å². The van der Waals surface area contributed by atoms with Gasteiger partial charge in [-0.2, -0.15) is 0 Å². The van der Waals surface area contributed by atoms with Crippen molar-refractivity contribution in [2.45, 2.75) is 31.7 Å². The number of benzene rings is 3. The lowest BCUT2D eigenvalue weighted by Crippen LogP contribution is -2.30. The normalized spacial score (nSPS) is 18.7. The average Bonchev–Trinajstić information content (AvgIpc) is 2.68. The van der Waals surface area contributed by atoms with Crippen LogP contribution in [0.15, 0.2) is 66.7 Å². The molecule has 0 heterocycles. The van der Waals surface area contributed by atoms with Crippen LogP contribution in [0.5, 0.6) is 0 Å². The van der Waals surface area contributed by atoms with Crippen molar-refractivity contribution in [2.24, 2.45) is 5.92 Å². The highest BCUT2D eigenvalue weighted by Crippen LogP contribution is 2.37. The van der Waals surface area contributed by atoms with E-state index >= 15 is 0 Å². The molecular weight excluding hydrogens is 342 g/mol. The first-order chi connectivity index (χ1) is 12.7. The number of hydrogen-bond donors (Lipinski definition) is 1. The van der Waals surface area contributed by atoms with E-state index in [-0.39, 0.29) is 12.0 Å². The van der Waals surface area contributed by atoms with Gasteiger partial charge in [-0.05, 0) is 53.4 Å². The predicted molar refractivity (Wildman–Crippen MR) is 109 cm³/mol. The van der Waals surface area contributed by atoms with E-state index in [1.807, 2.05) is 24.3 Å². The molecule has 1 aliphatic rings. The molecule has 0 aliphatic heterocycles. The van der Waals surface area contributed by atoms with E-state index in [4.69, 9.17) is 11.6 Å². The van der Waals surface area contributed by atoms with E-state index in [0.717, 1.165) is 24.9 Å². The van der Waals surface area contributed by atoms with Crippen molar-refractivity contribution >= 4 is 33.8 Å². The molecule has 3 heteroatoms. The maximum absolute atomic E-state index is 12.7. The molecule has 3 aromatic rings. The maximum atomic E-state index is 12.7. The van der Waals surface area contributed by atoms with Crippen molar-refractivity contribution in [3.63, 3.8) is 0 Å².